The molecular formula is C22H18O4. The van der Waals surface area contributed by atoms with Gasteiger partial charge in [0.1, 0.15) is 0 Å². The summed E-state index contributed by atoms with van der Waals surface area (Å²) in [5, 5.41) is 0. The lowest BCUT2D eigenvalue weighted by atomic mass is 10.1. The van der Waals surface area contributed by atoms with E-state index < -0.39 is 11.9 Å². The van der Waals surface area contributed by atoms with Crippen molar-refractivity contribution in [2.45, 2.75) is 13.8 Å². The van der Waals surface area contributed by atoms with Crippen LogP contribution in [0.5, 0.6) is 11.5 Å². The van der Waals surface area contributed by atoms with E-state index in [9.17, 15) is 9.59 Å². The first kappa shape index (κ1) is 17.4. The van der Waals surface area contributed by atoms with Crippen LogP contribution in [0.3, 0.4) is 0 Å². The van der Waals surface area contributed by atoms with Crippen molar-refractivity contribution in [1.82, 2.24) is 0 Å². The number of hydrogen-bond donors (Lipinski definition) is 0. The van der Waals surface area contributed by atoms with Gasteiger partial charge in [0.2, 0.25) is 0 Å². The summed E-state index contributed by atoms with van der Waals surface area (Å²) < 4.78 is 10.9. The topological polar surface area (TPSA) is 52.6 Å². The van der Waals surface area contributed by atoms with E-state index in [-0.39, 0.29) is 11.5 Å². The van der Waals surface area contributed by atoms with Gasteiger partial charge in [0.25, 0.3) is 0 Å². The molecule has 0 amide bonds. The molecule has 4 nitrogen and oxygen atoms in total. The fraction of sp³-hybridized carbons (Fsp3) is 0.0909. The number of para-hydroxylation sites is 2. The molecule has 0 saturated heterocycles. The van der Waals surface area contributed by atoms with Crippen LogP contribution < -0.4 is 9.47 Å². The van der Waals surface area contributed by atoms with Gasteiger partial charge in [0, 0.05) is 0 Å². The summed E-state index contributed by atoms with van der Waals surface area (Å²) in [5.74, 6) is -0.625. The van der Waals surface area contributed by atoms with Gasteiger partial charge in [0.15, 0.2) is 11.5 Å². The number of aryl methyl sites for hydroxylation is 2. The van der Waals surface area contributed by atoms with Crippen molar-refractivity contribution in [3.05, 3.63) is 95.1 Å². The van der Waals surface area contributed by atoms with Crippen LogP contribution in [0.25, 0.3) is 0 Å². The lowest BCUT2D eigenvalue weighted by Crippen LogP contribution is -2.12. The minimum Gasteiger partial charge on any atom is -0.419 e. The Balaban J connectivity index is 1.80. The monoisotopic (exact) mass is 346 g/mol. The number of carbonyl (C=O) groups excluding carboxylic acids is 2. The van der Waals surface area contributed by atoms with Crippen molar-refractivity contribution < 1.29 is 19.1 Å². The highest BCUT2D eigenvalue weighted by molar-refractivity contribution is 5.93. The van der Waals surface area contributed by atoms with Crippen molar-refractivity contribution in [2.24, 2.45) is 0 Å². The Hall–Kier alpha value is -3.40. The van der Waals surface area contributed by atoms with E-state index in [1.54, 1.807) is 60.7 Å². The van der Waals surface area contributed by atoms with Crippen LogP contribution in [0.4, 0.5) is 0 Å². The van der Waals surface area contributed by atoms with E-state index in [0.29, 0.717) is 11.1 Å². The van der Waals surface area contributed by atoms with Gasteiger partial charge in [0.05, 0.1) is 11.1 Å². The predicted octanol–water partition coefficient (Wildman–Crippen LogP) is 4.74. The SMILES string of the molecule is Cc1cccc(C(=O)Oc2ccccc2OC(=O)c2cccc(C)c2)c1. The number of hydrogen-bond acceptors (Lipinski definition) is 4. The molecule has 0 atom stereocenters. The van der Waals surface area contributed by atoms with Crippen molar-refractivity contribution in [3.8, 4) is 11.5 Å². The molecule has 0 aliphatic heterocycles. The quantitative estimate of drug-likeness (QED) is 0.506. The zero-order chi connectivity index (χ0) is 18.5. The maximum absolute atomic E-state index is 12.4. The van der Waals surface area contributed by atoms with Gasteiger partial charge in [-0.3, -0.25) is 0 Å². The maximum atomic E-state index is 12.4. The summed E-state index contributed by atoms with van der Waals surface area (Å²) in [4.78, 5) is 24.7. The highest BCUT2D eigenvalue weighted by Crippen LogP contribution is 2.28. The van der Waals surface area contributed by atoms with Gasteiger partial charge in [-0.1, -0.05) is 47.5 Å². The zero-order valence-electron chi connectivity index (χ0n) is 14.6. The van der Waals surface area contributed by atoms with Gasteiger partial charge < -0.3 is 9.47 Å². The van der Waals surface area contributed by atoms with Crippen LogP contribution in [-0.4, -0.2) is 11.9 Å². The lowest BCUT2D eigenvalue weighted by Gasteiger charge is -2.11. The first-order valence-corrected chi connectivity index (χ1v) is 8.19. The summed E-state index contributed by atoms with van der Waals surface area (Å²) in [5.41, 5.74) is 2.78. The molecule has 0 saturated carbocycles. The second kappa shape index (κ2) is 7.66. The normalized spacial score (nSPS) is 10.2. The van der Waals surface area contributed by atoms with E-state index in [2.05, 4.69) is 0 Å². The molecule has 0 aliphatic rings. The molecule has 3 aromatic rings. The second-order valence-corrected chi connectivity index (χ2v) is 5.96. The molecule has 0 aromatic heterocycles. The Bertz CT molecular complexity index is 881. The molecule has 26 heavy (non-hydrogen) atoms. The molecule has 0 N–H and O–H groups in total. The van der Waals surface area contributed by atoms with Crippen LogP contribution in [0.2, 0.25) is 0 Å². The van der Waals surface area contributed by atoms with Crippen LogP contribution in [0.15, 0.2) is 72.8 Å². The van der Waals surface area contributed by atoms with E-state index in [1.165, 1.54) is 0 Å². The second-order valence-electron chi connectivity index (χ2n) is 5.96. The summed E-state index contributed by atoms with van der Waals surface area (Å²) in [6.45, 7) is 3.79. The molecule has 3 rings (SSSR count). The Morgan fingerprint density at radius 2 is 1.04 bits per heavy atom. The Morgan fingerprint density at radius 3 is 1.42 bits per heavy atom. The summed E-state index contributed by atoms with van der Waals surface area (Å²) in [7, 11) is 0. The summed E-state index contributed by atoms with van der Waals surface area (Å²) in [6, 6.07) is 20.8. The van der Waals surface area contributed by atoms with E-state index in [1.807, 2.05) is 26.0 Å². The Labute approximate surface area is 152 Å². The number of rotatable bonds is 4. The van der Waals surface area contributed by atoms with E-state index in [0.717, 1.165) is 11.1 Å². The Kier molecular flexibility index (Phi) is 5.13. The molecule has 130 valence electrons. The molecule has 0 spiro atoms. The van der Waals surface area contributed by atoms with Crippen LogP contribution >= 0.6 is 0 Å². The fourth-order valence-corrected chi connectivity index (χ4v) is 2.48. The van der Waals surface area contributed by atoms with E-state index >= 15 is 0 Å². The third-order valence-corrected chi connectivity index (χ3v) is 3.76. The van der Waals surface area contributed by atoms with Crippen LogP contribution in [0, 0.1) is 13.8 Å². The summed E-state index contributed by atoms with van der Waals surface area (Å²) in [6.07, 6.45) is 0. The van der Waals surface area contributed by atoms with Gasteiger partial charge in [-0.15, -0.1) is 0 Å². The van der Waals surface area contributed by atoms with Crippen molar-refractivity contribution in [3.63, 3.8) is 0 Å². The number of ether oxygens (including phenoxy) is 2. The first-order chi connectivity index (χ1) is 12.5. The lowest BCUT2D eigenvalue weighted by molar-refractivity contribution is 0.0682. The van der Waals surface area contributed by atoms with Gasteiger partial charge in [-0.2, -0.15) is 0 Å². The molecule has 0 fully saturated rings. The smallest absolute Gasteiger partial charge is 0.343 e. The minimum atomic E-state index is -0.507. The predicted molar refractivity (Wildman–Crippen MR) is 98.7 cm³/mol. The number of benzene rings is 3. The molecule has 0 radical (unpaired) electrons. The van der Waals surface area contributed by atoms with Gasteiger partial charge in [-0.25, -0.2) is 9.59 Å². The van der Waals surface area contributed by atoms with Crippen molar-refractivity contribution >= 4 is 11.9 Å². The number of carbonyl (C=O) groups is 2. The van der Waals surface area contributed by atoms with Gasteiger partial charge >= 0.3 is 11.9 Å². The first-order valence-electron chi connectivity index (χ1n) is 8.19. The van der Waals surface area contributed by atoms with Crippen molar-refractivity contribution in [1.29, 1.82) is 0 Å². The molecule has 0 bridgehead atoms. The standard InChI is InChI=1S/C22H18O4/c1-15-7-5-9-17(13-15)21(23)25-19-11-3-4-12-20(19)26-22(24)18-10-6-8-16(2)14-18/h3-14H,1-2H3. The maximum Gasteiger partial charge on any atom is 0.343 e. The molecule has 0 unspecified atom stereocenters. The number of esters is 2. The van der Waals surface area contributed by atoms with Crippen molar-refractivity contribution in [2.75, 3.05) is 0 Å². The zero-order valence-corrected chi connectivity index (χ0v) is 14.6. The van der Waals surface area contributed by atoms with Gasteiger partial charge in [-0.05, 0) is 50.2 Å². The third-order valence-electron chi connectivity index (χ3n) is 3.76. The fourth-order valence-electron chi connectivity index (χ4n) is 2.48. The summed E-state index contributed by atoms with van der Waals surface area (Å²) >= 11 is 0. The highest BCUT2D eigenvalue weighted by atomic mass is 16.6. The average molecular weight is 346 g/mol. The molecule has 3 aromatic carbocycles. The molecule has 0 aliphatic carbocycles. The van der Waals surface area contributed by atoms with E-state index in [4.69, 9.17) is 9.47 Å². The molecular weight excluding hydrogens is 328 g/mol. The Morgan fingerprint density at radius 1 is 0.615 bits per heavy atom. The van der Waals surface area contributed by atoms with Crippen LogP contribution in [-0.2, 0) is 0 Å². The average Bonchev–Trinajstić information content (AvgIpc) is 2.63. The minimum absolute atomic E-state index is 0.194. The molecule has 0 heterocycles. The van der Waals surface area contributed by atoms with Crippen LogP contribution in [0.1, 0.15) is 31.8 Å². The highest BCUT2D eigenvalue weighted by Gasteiger charge is 2.16. The largest absolute Gasteiger partial charge is 0.419 e. The third kappa shape index (κ3) is 4.16. The molecule has 4 heteroatoms.